The maximum Gasteiger partial charge on any atom is 0.123 e. The number of aromatic nitrogens is 1. The van der Waals surface area contributed by atoms with Crippen LogP contribution >= 0.6 is 0 Å². The number of rotatable bonds is 4. The number of hydrogen-bond donors (Lipinski definition) is 1. The van der Waals surface area contributed by atoms with Gasteiger partial charge in [0.1, 0.15) is 5.82 Å². The van der Waals surface area contributed by atoms with Crippen molar-refractivity contribution in [2.75, 3.05) is 11.9 Å². The summed E-state index contributed by atoms with van der Waals surface area (Å²) in [5.74, 6) is -0.227. The number of aliphatic hydroxyl groups is 1. The number of hydrogen-bond acceptors (Lipinski definition) is 3. The molecule has 0 aliphatic carbocycles. The van der Waals surface area contributed by atoms with Gasteiger partial charge in [-0.15, -0.1) is 0 Å². The van der Waals surface area contributed by atoms with Gasteiger partial charge in [0.25, 0.3) is 0 Å². The van der Waals surface area contributed by atoms with E-state index in [9.17, 15) is 9.50 Å². The van der Waals surface area contributed by atoms with Crippen molar-refractivity contribution < 1.29 is 9.50 Å². The molecule has 1 N–H and O–H groups in total. The fourth-order valence-corrected chi connectivity index (χ4v) is 1.83. The SMILES string of the molecule is C[C@H](O)c1ccc(N(C)Cc2ccc(F)cc2)cn1. The summed E-state index contributed by atoms with van der Waals surface area (Å²) in [5.41, 5.74) is 2.64. The van der Waals surface area contributed by atoms with E-state index < -0.39 is 6.10 Å². The molecule has 0 aliphatic rings. The molecular weight excluding hydrogens is 243 g/mol. The second-order valence-corrected chi connectivity index (χ2v) is 4.60. The summed E-state index contributed by atoms with van der Waals surface area (Å²) in [6.45, 7) is 2.36. The van der Waals surface area contributed by atoms with Gasteiger partial charge in [0.05, 0.1) is 23.7 Å². The van der Waals surface area contributed by atoms with Crippen LogP contribution in [-0.4, -0.2) is 17.1 Å². The Morgan fingerprint density at radius 3 is 2.42 bits per heavy atom. The van der Waals surface area contributed by atoms with Gasteiger partial charge in [-0.3, -0.25) is 4.98 Å². The van der Waals surface area contributed by atoms with Crippen LogP contribution in [0.5, 0.6) is 0 Å². The predicted molar refractivity (Wildman–Crippen MR) is 73.4 cm³/mol. The van der Waals surface area contributed by atoms with E-state index in [4.69, 9.17) is 0 Å². The Labute approximate surface area is 112 Å². The third-order valence-corrected chi connectivity index (χ3v) is 2.97. The number of halogens is 1. The summed E-state index contributed by atoms with van der Waals surface area (Å²) in [6, 6.07) is 10.2. The van der Waals surface area contributed by atoms with Gasteiger partial charge in [-0.1, -0.05) is 12.1 Å². The molecule has 0 amide bonds. The topological polar surface area (TPSA) is 36.4 Å². The lowest BCUT2D eigenvalue weighted by molar-refractivity contribution is 0.194. The molecule has 0 spiro atoms. The summed E-state index contributed by atoms with van der Waals surface area (Å²) < 4.78 is 12.8. The van der Waals surface area contributed by atoms with Gasteiger partial charge < -0.3 is 10.0 Å². The van der Waals surface area contributed by atoms with Crippen molar-refractivity contribution in [3.05, 3.63) is 59.7 Å². The lowest BCUT2D eigenvalue weighted by atomic mass is 10.2. The molecular formula is C15H17FN2O. The molecule has 0 fully saturated rings. The smallest absolute Gasteiger partial charge is 0.123 e. The number of anilines is 1. The third-order valence-electron chi connectivity index (χ3n) is 2.97. The van der Waals surface area contributed by atoms with Crippen LogP contribution in [0.4, 0.5) is 10.1 Å². The minimum absolute atomic E-state index is 0.227. The first-order valence-electron chi connectivity index (χ1n) is 6.16. The number of nitrogens with zero attached hydrogens (tertiary/aromatic N) is 2. The first kappa shape index (κ1) is 13.5. The van der Waals surface area contributed by atoms with Crippen molar-refractivity contribution in [1.29, 1.82) is 0 Å². The van der Waals surface area contributed by atoms with Crippen LogP contribution in [0.3, 0.4) is 0 Å². The molecule has 0 unspecified atom stereocenters. The van der Waals surface area contributed by atoms with E-state index in [1.807, 2.05) is 18.0 Å². The van der Waals surface area contributed by atoms with E-state index in [2.05, 4.69) is 4.98 Å². The molecule has 0 saturated carbocycles. The van der Waals surface area contributed by atoms with Crippen LogP contribution in [0.2, 0.25) is 0 Å². The Hall–Kier alpha value is -1.94. The molecule has 2 aromatic rings. The van der Waals surface area contributed by atoms with Crippen LogP contribution in [0.25, 0.3) is 0 Å². The zero-order valence-electron chi connectivity index (χ0n) is 11.0. The summed E-state index contributed by atoms with van der Waals surface area (Å²) in [4.78, 5) is 6.22. The lowest BCUT2D eigenvalue weighted by Gasteiger charge is -2.19. The monoisotopic (exact) mass is 260 g/mol. The predicted octanol–water partition coefficient (Wildman–Crippen LogP) is 2.91. The van der Waals surface area contributed by atoms with Gasteiger partial charge in [-0.25, -0.2) is 4.39 Å². The minimum Gasteiger partial charge on any atom is -0.387 e. The molecule has 0 radical (unpaired) electrons. The van der Waals surface area contributed by atoms with Crippen molar-refractivity contribution in [2.45, 2.75) is 19.6 Å². The van der Waals surface area contributed by atoms with Crippen molar-refractivity contribution >= 4 is 5.69 Å². The quantitative estimate of drug-likeness (QED) is 0.918. The Bertz CT molecular complexity index is 523. The van der Waals surface area contributed by atoms with Crippen molar-refractivity contribution in [2.24, 2.45) is 0 Å². The molecule has 0 bridgehead atoms. The fourth-order valence-electron chi connectivity index (χ4n) is 1.83. The van der Waals surface area contributed by atoms with Crippen molar-refractivity contribution in [1.82, 2.24) is 4.98 Å². The molecule has 1 heterocycles. The Balaban J connectivity index is 2.07. The van der Waals surface area contributed by atoms with Gasteiger partial charge in [0.15, 0.2) is 0 Å². The van der Waals surface area contributed by atoms with Crippen LogP contribution in [0.1, 0.15) is 24.3 Å². The standard InChI is InChI=1S/C15H17FN2O/c1-11(19)15-8-7-14(9-17-15)18(2)10-12-3-5-13(16)6-4-12/h3-9,11,19H,10H2,1-2H3/t11-/m0/s1. The second kappa shape index (κ2) is 5.80. The maximum atomic E-state index is 12.8. The summed E-state index contributed by atoms with van der Waals surface area (Å²) in [6.07, 6.45) is 1.17. The van der Waals surface area contributed by atoms with E-state index in [1.54, 1.807) is 31.3 Å². The highest BCUT2D eigenvalue weighted by Gasteiger charge is 2.05. The van der Waals surface area contributed by atoms with Crippen molar-refractivity contribution in [3.63, 3.8) is 0 Å². The van der Waals surface area contributed by atoms with E-state index in [0.29, 0.717) is 12.2 Å². The third kappa shape index (κ3) is 3.51. The number of aliphatic hydroxyl groups excluding tert-OH is 1. The molecule has 4 heteroatoms. The normalized spacial score (nSPS) is 12.2. The molecule has 0 aliphatic heterocycles. The van der Waals surface area contributed by atoms with E-state index in [1.165, 1.54) is 12.1 Å². The Morgan fingerprint density at radius 1 is 1.21 bits per heavy atom. The van der Waals surface area contributed by atoms with Gasteiger partial charge in [-0.05, 0) is 36.8 Å². The van der Waals surface area contributed by atoms with E-state index in [0.717, 1.165) is 11.3 Å². The molecule has 3 nitrogen and oxygen atoms in total. The molecule has 1 atom stereocenters. The summed E-state index contributed by atoms with van der Waals surface area (Å²) in [7, 11) is 1.95. The van der Waals surface area contributed by atoms with Crippen LogP contribution in [0, 0.1) is 5.82 Å². The number of pyridine rings is 1. The van der Waals surface area contributed by atoms with Crippen LogP contribution in [-0.2, 0) is 6.54 Å². The molecule has 1 aromatic heterocycles. The molecule has 100 valence electrons. The van der Waals surface area contributed by atoms with E-state index >= 15 is 0 Å². The zero-order valence-corrected chi connectivity index (χ0v) is 11.0. The average molecular weight is 260 g/mol. The first-order valence-corrected chi connectivity index (χ1v) is 6.16. The first-order chi connectivity index (χ1) is 9.06. The van der Waals surface area contributed by atoms with E-state index in [-0.39, 0.29) is 5.82 Å². The maximum absolute atomic E-state index is 12.8. The highest BCUT2D eigenvalue weighted by Crippen LogP contribution is 2.17. The highest BCUT2D eigenvalue weighted by atomic mass is 19.1. The molecule has 19 heavy (non-hydrogen) atoms. The van der Waals surface area contributed by atoms with Gasteiger partial charge >= 0.3 is 0 Å². The summed E-state index contributed by atoms with van der Waals surface area (Å²) >= 11 is 0. The largest absolute Gasteiger partial charge is 0.387 e. The average Bonchev–Trinajstić information content (AvgIpc) is 2.41. The Morgan fingerprint density at radius 2 is 1.89 bits per heavy atom. The minimum atomic E-state index is -0.559. The lowest BCUT2D eigenvalue weighted by Crippen LogP contribution is -2.16. The van der Waals surface area contributed by atoms with Crippen LogP contribution in [0.15, 0.2) is 42.6 Å². The Kier molecular flexibility index (Phi) is 4.12. The van der Waals surface area contributed by atoms with Crippen molar-refractivity contribution in [3.8, 4) is 0 Å². The van der Waals surface area contributed by atoms with Gasteiger partial charge in [0, 0.05) is 13.6 Å². The van der Waals surface area contributed by atoms with Gasteiger partial charge in [-0.2, -0.15) is 0 Å². The van der Waals surface area contributed by atoms with Gasteiger partial charge in [0.2, 0.25) is 0 Å². The molecule has 1 aromatic carbocycles. The molecule has 0 saturated heterocycles. The van der Waals surface area contributed by atoms with Crippen LogP contribution < -0.4 is 4.90 Å². The second-order valence-electron chi connectivity index (χ2n) is 4.60. The summed E-state index contributed by atoms with van der Waals surface area (Å²) in [5, 5.41) is 9.40. The molecule has 2 rings (SSSR count). The fraction of sp³-hybridized carbons (Fsp3) is 0.267. The number of benzene rings is 1. The highest BCUT2D eigenvalue weighted by molar-refractivity contribution is 5.44. The zero-order chi connectivity index (χ0) is 13.8.